The Hall–Kier alpha value is -2.47. The molecule has 0 saturated carbocycles. The molecule has 5 nitrogen and oxygen atoms in total. The van der Waals surface area contributed by atoms with Crippen molar-refractivity contribution in [1.29, 1.82) is 0 Å². The molecular weight excluding hydrogens is 306 g/mol. The molecule has 0 bridgehead atoms. The molecule has 1 aliphatic heterocycles. The molecule has 2 aromatic heterocycles. The van der Waals surface area contributed by atoms with Crippen molar-refractivity contribution in [2.75, 3.05) is 11.9 Å². The topological polar surface area (TPSA) is 37.3 Å². The van der Waals surface area contributed by atoms with Gasteiger partial charge in [0.25, 0.3) is 5.01 Å². The van der Waals surface area contributed by atoms with Crippen molar-refractivity contribution >= 4 is 45.5 Å². The average Bonchev–Trinajstić information content (AvgIpc) is 3.11. The predicted octanol–water partition coefficient (Wildman–Crippen LogP) is 2.92. The highest BCUT2D eigenvalue weighted by Crippen LogP contribution is 2.31. The number of para-hydroxylation sites is 1. The number of anilines is 1. The second-order valence-electron chi connectivity index (χ2n) is 5.57. The number of aliphatic imine (C=N–C) groups is 1. The Morgan fingerprint density at radius 1 is 1.26 bits per heavy atom. The molecule has 3 aromatic rings. The van der Waals surface area contributed by atoms with Crippen molar-refractivity contribution in [3.63, 3.8) is 0 Å². The second kappa shape index (κ2) is 5.31. The van der Waals surface area contributed by atoms with Crippen LogP contribution in [0.5, 0.6) is 0 Å². The molecule has 1 aromatic carbocycles. The van der Waals surface area contributed by atoms with Crippen LogP contribution in [0.1, 0.15) is 17.6 Å². The molecule has 1 aliphatic rings. The van der Waals surface area contributed by atoms with Crippen molar-refractivity contribution in [2.24, 2.45) is 12.0 Å². The van der Waals surface area contributed by atoms with Gasteiger partial charge in [0.2, 0.25) is 5.52 Å². The highest BCUT2D eigenvalue weighted by Gasteiger charge is 2.23. The van der Waals surface area contributed by atoms with Crippen LogP contribution < -0.4 is 9.47 Å². The summed E-state index contributed by atoms with van der Waals surface area (Å²) in [6.07, 6.45) is 5.82. The first-order valence-electron chi connectivity index (χ1n) is 7.61. The van der Waals surface area contributed by atoms with Crippen molar-refractivity contribution < 1.29 is 4.57 Å². The zero-order valence-electron chi connectivity index (χ0n) is 13.4. The maximum Gasteiger partial charge on any atom is 0.265 e. The molecule has 0 N–H and O–H groups in total. The van der Waals surface area contributed by atoms with Crippen LogP contribution in [0.25, 0.3) is 22.0 Å². The van der Waals surface area contributed by atoms with Gasteiger partial charge in [-0.25, -0.2) is 9.98 Å². The summed E-state index contributed by atoms with van der Waals surface area (Å²) in [5, 5.41) is 1.21. The average molecular weight is 324 g/mol. The fourth-order valence-corrected chi connectivity index (χ4v) is 4.11. The molecule has 4 rings (SSSR count). The van der Waals surface area contributed by atoms with E-state index < -0.39 is 0 Å². The molecule has 0 amide bonds. The molecule has 23 heavy (non-hydrogen) atoms. The van der Waals surface area contributed by atoms with E-state index in [0.29, 0.717) is 0 Å². The summed E-state index contributed by atoms with van der Waals surface area (Å²) in [7, 11) is 3.98. The third-order valence-electron chi connectivity index (χ3n) is 4.08. The van der Waals surface area contributed by atoms with E-state index in [1.165, 1.54) is 15.2 Å². The lowest BCUT2D eigenvalue weighted by molar-refractivity contribution is -0.665. The van der Waals surface area contributed by atoms with E-state index in [0.717, 1.165) is 23.8 Å². The van der Waals surface area contributed by atoms with E-state index in [1.807, 2.05) is 36.2 Å². The summed E-state index contributed by atoms with van der Waals surface area (Å²) >= 11 is 1.80. The molecule has 3 heterocycles. The predicted molar refractivity (Wildman–Crippen MR) is 95.7 cm³/mol. The minimum absolute atomic E-state index is 0.936. The van der Waals surface area contributed by atoms with Gasteiger partial charge in [-0.05, 0) is 13.0 Å². The monoisotopic (exact) mass is 324 g/mol. The minimum Gasteiger partial charge on any atom is -0.331 e. The summed E-state index contributed by atoms with van der Waals surface area (Å²) in [6, 6.07) is 8.51. The summed E-state index contributed by atoms with van der Waals surface area (Å²) in [6.45, 7) is 3.11. The van der Waals surface area contributed by atoms with E-state index in [2.05, 4.69) is 51.8 Å². The molecule has 0 unspecified atom stereocenters. The van der Waals surface area contributed by atoms with Gasteiger partial charge < -0.3 is 9.47 Å². The van der Waals surface area contributed by atoms with Crippen molar-refractivity contribution in [3.05, 3.63) is 41.3 Å². The molecule has 6 heteroatoms. The van der Waals surface area contributed by atoms with Gasteiger partial charge in [0.1, 0.15) is 16.9 Å². The number of aryl methyl sites for hydroxylation is 2. The smallest absolute Gasteiger partial charge is 0.265 e. The first-order valence-corrected chi connectivity index (χ1v) is 8.42. The fraction of sp³-hybridized carbons (Fsp3) is 0.235. The Kier molecular flexibility index (Phi) is 3.27. The summed E-state index contributed by atoms with van der Waals surface area (Å²) in [5.74, 6) is 0.943. The van der Waals surface area contributed by atoms with Crippen LogP contribution in [0.2, 0.25) is 0 Å². The molecule has 0 atom stereocenters. The highest BCUT2D eigenvalue weighted by atomic mass is 32.1. The summed E-state index contributed by atoms with van der Waals surface area (Å²) in [4.78, 5) is 11.0. The van der Waals surface area contributed by atoms with Crippen LogP contribution in [0.15, 0.2) is 35.6 Å². The van der Waals surface area contributed by atoms with Gasteiger partial charge in [-0.1, -0.05) is 23.5 Å². The SMILES string of the molecule is CC[n+]1c(C=C2N=CN(C)c3ncn(C)c32)sc2ccccc21. The number of benzene rings is 1. The zero-order valence-corrected chi connectivity index (χ0v) is 14.2. The van der Waals surface area contributed by atoms with Crippen LogP contribution in [-0.4, -0.2) is 22.9 Å². The number of rotatable bonds is 2. The number of fused-ring (bicyclic) bond motifs is 2. The Bertz CT molecular complexity index is 947. The minimum atomic E-state index is 0.936. The second-order valence-corrected chi connectivity index (χ2v) is 6.63. The van der Waals surface area contributed by atoms with Crippen molar-refractivity contribution in [3.8, 4) is 0 Å². The standard InChI is InChI=1S/C17H18N5S/c1-4-22-13-7-5-6-8-14(13)23-15(22)9-12-16-17(19-11-20(16)2)21(3)10-18-12/h5-11H,4H2,1-3H3/q+1. The lowest BCUT2D eigenvalue weighted by atomic mass is 10.2. The third kappa shape index (κ3) is 2.17. The van der Waals surface area contributed by atoms with Crippen molar-refractivity contribution in [2.45, 2.75) is 13.5 Å². The van der Waals surface area contributed by atoms with Gasteiger partial charge in [0, 0.05) is 26.2 Å². The number of hydrogen-bond acceptors (Lipinski definition) is 4. The first-order chi connectivity index (χ1) is 11.2. The highest BCUT2D eigenvalue weighted by molar-refractivity contribution is 7.18. The quantitative estimate of drug-likeness (QED) is 0.680. The number of aromatic nitrogens is 3. The Morgan fingerprint density at radius 2 is 2.09 bits per heavy atom. The molecule has 0 fully saturated rings. The molecule has 0 saturated heterocycles. The molecule has 0 spiro atoms. The first kappa shape index (κ1) is 14.1. The number of thiazole rings is 1. The Balaban J connectivity index is 1.91. The van der Waals surface area contributed by atoms with E-state index in [1.54, 1.807) is 11.3 Å². The number of imidazole rings is 1. The Morgan fingerprint density at radius 3 is 2.91 bits per heavy atom. The van der Waals surface area contributed by atoms with E-state index in [9.17, 15) is 0 Å². The van der Waals surface area contributed by atoms with Gasteiger partial charge in [-0.2, -0.15) is 4.57 Å². The van der Waals surface area contributed by atoms with Crippen LogP contribution in [0.3, 0.4) is 0 Å². The van der Waals surface area contributed by atoms with E-state index in [4.69, 9.17) is 0 Å². The molecular formula is C17H18N5S+. The largest absolute Gasteiger partial charge is 0.331 e. The lowest BCUT2D eigenvalue weighted by Gasteiger charge is -2.18. The zero-order chi connectivity index (χ0) is 16.0. The van der Waals surface area contributed by atoms with Gasteiger partial charge in [0.15, 0.2) is 5.82 Å². The number of nitrogens with zero attached hydrogens (tertiary/aromatic N) is 5. The van der Waals surface area contributed by atoms with Gasteiger partial charge in [0.05, 0.1) is 18.4 Å². The molecule has 0 radical (unpaired) electrons. The molecule has 0 aliphatic carbocycles. The normalized spacial score (nSPS) is 15.6. The van der Waals surface area contributed by atoms with Crippen LogP contribution in [0, 0.1) is 0 Å². The lowest BCUT2D eigenvalue weighted by Crippen LogP contribution is -2.33. The van der Waals surface area contributed by atoms with Gasteiger partial charge in [-0.3, -0.25) is 0 Å². The summed E-state index contributed by atoms with van der Waals surface area (Å²) in [5.41, 5.74) is 3.27. The van der Waals surface area contributed by atoms with E-state index >= 15 is 0 Å². The fourth-order valence-electron chi connectivity index (χ4n) is 2.94. The van der Waals surface area contributed by atoms with Crippen LogP contribution in [0.4, 0.5) is 5.82 Å². The van der Waals surface area contributed by atoms with Gasteiger partial charge in [-0.15, -0.1) is 0 Å². The van der Waals surface area contributed by atoms with Crippen molar-refractivity contribution in [1.82, 2.24) is 9.55 Å². The van der Waals surface area contributed by atoms with Crippen LogP contribution >= 0.6 is 11.3 Å². The summed E-state index contributed by atoms with van der Waals surface area (Å²) < 4.78 is 5.65. The van der Waals surface area contributed by atoms with E-state index in [-0.39, 0.29) is 0 Å². The van der Waals surface area contributed by atoms with Crippen LogP contribution in [-0.2, 0) is 13.6 Å². The Labute approximate surface area is 138 Å². The maximum absolute atomic E-state index is 4.62. The molecule has 116 valence electrons. The third-order valence-corrected chi connectivity index (χ3v) is 5.19. The number of hydrogen-bond donors (Lipinski definition) is 0. The maximum atomic E-state index is 4.62. The van der Waals surface area contributed by atoms with Gasteiger partial charge >= 0.3 is 0 Å².